The molecule has 1 aliphatic heterocycles. The van der Waals surface area contributed by atoms with Crippen LogP contribution in [0, 0.1) is 0 Å². The smallest absolute Gasteiger partial charge is 0.203 e. The molecular weight excluding hydrogens is 463 g/mol. The van der Waals surface area contributed by atoms with Crippen LogP contribution in [0.5, 0.6) is 17.2 Å². The molecule has 154 valence electrons. The fourth-order valence-electron chi connectivity index (χ4n) is 2.86. The van der Waals surface area contributed by atoms with Gasteiger partial charge in [-0.3, -0.25) is 4.90 Å². The van der Waals surface area contributed by atoms with Crippen LogP contribution in [0.15, 0.2) is 17.1 Å². The molecular formula is C18H31IN4O4. The number of rotatable bonds is 9. The Bertz CT molecular complexity index is 595. The van der Waals surface area contributed by atoms with Crippen LogP contribution in [0.25, 0.3) is 0 Å². The largest absolute Gasteiger partial charge is 0.493 e. The fraction of sp³-hybridized carbons (Fsp3) is 0.611. The Morgan fingerprint density at radius 3 is 2.48 bits per heavy atom. The summed E-state index contributed by atoms with van der Waals surface area (Å²) in [5.74, 6) is 2.20. The molecule has 0 spiro atoms. The minimum absolute atomic E-state index is 0. The van der Waals surface area contributed by atoms with E-state index in [1.165, 1.54) is 0 Å². The van der Waals surface area contributed by atoms with Crippen molar-refractivity contribution >= 4 is 29.9 Å². The Morgan fingerprint density at radius 2 is 1.85 bits per heavy atom. The summed E-state index contributed by atoms with van der Waals surface area (Å²) in [5, 5.41) is 3.15. The third kappa shape index (κ3) is 7.23. The van der Waals surface area contributed by atoms with Crippen LogP contribution >= 0.6 is 24.0 Å². The van der Waals surface area contributed by atoms with Gasteiger partial charge in [-0.05, 0) is 25.1 Å². The molecule has 0 atom stereocenters. The van der Waals surface area contributed by atoms with E-state index in [4.69, 9.17) is 24.7 Å². The van der Waals surface area contributed by atoms with Crippen molar-refractivity contribution in [3.05, 3.63) is 17.7 Å². The van der Waals surface area contributed by atoms with Gasteiger partial charge in [0.25, 0.3) is 0 Å². The summed E-state index contributed by atoms with van der Waals surface area (Å²) in [6, 6.07) is 3.73. The number of morpholine rings is 1. The molecule has 3 N–H and O–H groups in total. The third-order valence-corrected chi connectivity index (χ3v) is 4.27. The highest BCUT2D eigenvalue weighted by molar-refractivity contribution is 14.0. The van der Waals surface area contributed by atoms with E-state index in [-0.39, 0.29) is 24.0 Å². The first kappa shape index (κ1) is 23.6. The Labute approximate surface area is 178 Å². The van der Waals surface area contributed by atoms with Crippen LogP contribution in [-0.2, 0) is 11.3 Å². The summed E-state index contributed by atoms with van der Waals surface area (Å²) in [7, 11) is 4.77. The molecule has 8 nitrogen and oxygen atoms in total. The summed E-state index contributed by atoms with van der Waals surface area (Å²) < 4.78 is 21.5. The maximum atomic E-state index is 5.97. The lowest BCUT2D eigenvalue weighted by Crippen LogP contribution is -2.39. The lowest BCUT2D eigenvalue weighted by molar-refractivity contribution is 0.0376. The van der Waals surface area contributed by atoms with Crippen molar-refractivity contribution in [2.24, 2.45) is 10.7 Å². The SMILES string of the molecule is COc1ccc(CN=C(N)NCCCN2CCOCC2)c(OC)c1OC.I. The van der Waals surface area contributed by atoms with E-state index in [1.807, 2.05) is 12.1 Å². The zero-order valence-corrected chi connectivity index (χ0v) is 18.7. The Hall–Kier alpha value is -1.46. The molecule has 27 heavy (non-hydrogen) atoms. The second-order valence-electron chi connectivity index (χ2n) is 5.93. The summed E-state index contributed by atoms with van der Waals surface area (Å²) in [5.41, 5.74) is 6.85. The van der Waals surface area contributed by atoms with Gasteiger partial charge in [-0.2, -0.15) is 0 Å². The molecule has 0 radical (unpaired) electrons. The zero-order valence-electron chi connectivity index (χ0n) is 16.3. The van der Waals surface area contributed by atoms with Gasteiger partial charge in [0.2, 0.25) is 5.75 Å². The van der Waals surface area contributed by atoms with E-state index >= 15 is 0 Å². The first-order valence-corrected chi connectivity index (χ1v) is 8.81. The molecule has 1 heterocycles. The number of aliphatic imine (C=N–C) groups is 1. The summed E-state index contributed by atoms with van der Waals surface area (Å²) in [6.07, 6.45) is 1.01. The van der Waals surface area contributed by atoms with Gasteiger partial charge in [-0.15, -0.1) is 24.0 Å². The van der Waals surface area contributed by atoms with E-state index < -0.39 is 0 Å². The Kier molecular flexibility index (Phi) is 11.2. The molecule has 1 saturated heterocycles. The number of nitrogens with one attached hydrogen (secondary N) is 1. The molecule has 0 amide bonds. The van der Waals surface area contributed by atoms with Gasteiger partial charge in [-0.25, -0.2) is 4.99 Å². The standard InChI is InChI=1S/C18H30N4O4.HI/c1-23-15-6-5-14(16(24-2)17(15)25-3)13-21-18(19)20-7-4-8-22-9-11-26-12-10-22;/h5-6H,4,7-13H2,1-3H3,(H3,19,20,21);1H. The molecule has 0 bridgehead atoms. The number of halogens is 1. The van der Waals surface area contributed by atoms with E-state index in [0.717, 1.165) is 51.4 Å². The average Bonchev–Trinajstić information content (AvgIpc) is 2.69. The van der Waals surface area contributed by atoms with Gasteiger partial charge in [0.15, 0.2) is 17.5 Å². The Morgan fingerprint density at radius 1 is 1.15 bits per heavy atom. The number of nitrogens with zero attached hydrogens (tertiary/aromatic N) is 2. The Balaban J connectivity index is 0.00000364. The monoisotopic (exact) mass is 494 g/mol. The van der Waals surface area contributed by atoms with Gasteiger partial charge in [-0.1, -0.05) is 0 Å². The average molecular weight is 494 g/mol. The van der Waals surface area contributed by atoms with Crippen LogP contribution in [0.3, 0.4) is 0 Å². The van der Waals surface area contributed by atoms with E-state index in [0.29, 0.717) is 29.8 Å². The third-order valence-electron chi connectivity index (χ3n) is 4.27. The van der Waals surface area contributed by atoms with Crippen molar-refractivity contribution in [1.82, 2.24) is 10.2 Å². The van der Waals surface area contributed by atoms with E-state index in [1.54, 1.807) is 21.3 Å². The first-order chi connectivity index (χ1) is 12.7. The fourth-order valence-corrected chi connectivity index (χ4v) is 2.86. The highest BCUT2D eigenvalue weighted by atomic mass is 127. The number of hydrogen-bond acceptors (Lipinski definition) is 6. The zero-order chi connectivity index (χ0) is 18.8. The quantitative estimate of drug-likeness (QED) is 0.233. The molecule has 2 rings (SSSR count). The lowest BCUT2D eigenvalue weighted by atomic mass is 10.1. The van der Waals surface area contributed by atoms with Crippen molar-refractivity contribution in [2.75, 3.05) is 60.7 Å². The maximum absolute atomic E-state index is 5.97. The van der Waals surface area contributed by atoms with Crippen LogP contribution in [0.2, 0.25) is 0 Å². The van der Waals surface area contributed by atoms with Crippen molar-refractivity contribution in [3.63, 3.8) is 0 Å². The highest BCUT2D eigenvalue weighted by Crippen LogP contribution is 2.39. The number of nitrogens with two attached hydrogens (primary N) is 1. The van der Waals surface area contributed by atoms with E-state index in [2.05, 4.69) is 15.2 Å². The first-order valence-electron chi connectivity index (χ1n) is 8.81. The van der Waals surface area contributed by atoms with Gasteiger partial charge >= 0.3 is 0 Å². The maximum Gasteiger partial charge on any atom is 0.203 e. The minimum Gasteiger partial charge on any atom is -0.493 e. The molecule has 0 aliphatic carbocycles. The molecule has 1 fully saturated rings. The van der Waals surface area contributed by atoms with Crippen molar-refractivity contribution < 1.29 is 18.9 Å². The van der Waals surface area contributed by atoms with Crippen LogP contribution in [0.4, 0.5) is 0 Å². The van der Waals surface area contributed by atoms with Gasteiger partial charge in [0.1, 0.15) is 0 Å². The highest BCUT2D eigenvalue weighted by Gasteiger charge is 2.15. The predicted octanol–water partition coefficient (Wildman–Crippen LogP) is 1.46. The van der Waals surface area contributed by atoms with Crippen LogP contribution < -0.4 is 25.3 Å². The van der Waals surface area contributed by atoms with Crippen molar-refractivity contribution in [2.45, 2.75) is 13.0 Å². The number of ether oxygens (including phenoxy) is 4. The summed E-state index contributed by atoms with van der Waals surface area (Å²) in [4.78, 5) is 6.79. The van der Waals surface area contributed by atoms with Crippen LogP contribution in [-0.4, -0.2) is 71.6 Å². The number of guanidine groups is 1. The number of hydrogen-bond donors (Lipinski definition) is 2. The predicted molar refractivity (Wildman–Crippen MR) is 117 cm³/mol. The summed E-state index contributed by atoms with van der Waals surface area (Å²) in [6.45, 7) is 5.87. The van der Waals surface area contributed by atoms with E-state index in [9.17, 15) is 0 Å². The van der Waals surface area contributed by atoms with Crippen molar-refractivity contribution in [1.29, 1.82) is 0 Å². The molecule has 9 heteroatoms. The molecule has 0 unspecified atom stereocenters. The normalized spacial score (nSPS) is 15.0. The lowest BCUT2D eigenvalue weighted by Gasteiger charge is -2.26. The molecule has 0 aromatic heterocycles. The van der Waals surface area contributed by atoms with Gasteiger partial charge in [0, 0.05) is 25.2 Å². The van der Waals surface area contributed by atoms with Crippen LogP contribution in [0.1, 0.15) is 12.0 Å². The second kappa shape index (κ2) is 12.8. The molecule has 1 aromatic rings. The summed E-state index contributed by atoms with van der Waals surface area (Å²) >= 11 is 0. The molecule has 1 aliphatic rings. The van der Waals surface area contributed by atoms with Crippen molar-refractivity contribution in [3.8, 4) is 17.2 Å². The number of benzene rings is 1. The number of methoxy groups -OCH3 is 3. The minimum atomic E-state index is 0. The second-order valence-corrected chi connectivity index (χ2v) is 5.93. The topological polar surface area (TPSA) is 90.6 Å². The van der Waals surface area contributed by atoms with Gasteiger partial charge in [0.05, 0.1) is 41.1 Å². The molecule has 0 saturated carbocycles. The van der Waals surface area contributed by atoms with Gasteiger partial charge < -0.3 is 30.0 Å². The molecule has 1 aromatic carbocycles.